The van der Waals surface area contributed by atoms with E-state index >= 15 is 0 Å². The fourth-order valence-corrected chi connectivity index (χ4v) is 4.83. The van der Waals surface area contributed by atoms with E-state index in [0.29, 0.717) is 11.5 Å². The highest BCUT2D eigenvalue weighted by Crippen LogP contribution is 2.38. The smallest absolute Gasteiger partial charge is 0.269 e. The molecule has 4 aromatic rings. The number of hydrogen-bond donors (Lipinski definition) is 0. The molecule has 7 heteroatoms. The van der Waals surface area contributed by atoms with Crippen LogP contribution >= 0.6 is 0 Å². The van der Waals surface area contributed by atoms with Crippen molar-refractivity contribution in [2.45, 2.75) is 44.6 Å². The monoisotopic (exact) mass is 510 g/mol. The van der Waals surface area contributed by atoms with Crippen LogP contribution in [0.2, 0.25) is 0 Å². The minimum atomic E-state index is -0.422. The van der Waals surface area contributed by atoms with Crippen molar-refractivity contribution < 1.29 is 19.1 Å². The van der Waals surface area contributed by atoms with Crippen LogP contribution in [0.3, 0.4) is 0 Å². The molecule has 0 unspecified atom stereocenters. The van der Waals surface area contributed by atoms with Gasteiger partial charge in [0.15, 0.2) is 11.5 Å². The number of aryl methyl sites for hydroxylation is 2. The summed E-state index contributed by atoms with van der Waals surface area (Å²) >= 11 is 0. The summed E-state index contributed by atoms with van der Waals surface area (Å²) in [7, 11) is 1.66. The summed E-state index contributed by atoms with van der Waals surface area (Å²) in [4.78, 5) is 14.7. The molecule has 0 amide bonds. The van der Waals surface area contributed by atoms with E-state index in [0.717, 1.165) is 48.3 Å². The van der Waals surface area contributed by atoms with Crippen LogP contribution < -0.4 is 14.2 Å². The molecule has 0 saturated heterocycles. The van der Waals surface area contributed by atoms with Crippen LogP contribution in [0, 0.1) is 10.1 Å². The molecule has 7 nitrogen and oxygen atoms in total. The molecular weight excluding hydrogens is 480 g/mol. The average molecular weight is 511 g/mol. The third-order valence-electron chi connectivity index (χ3n) is 6.87. The van der Waals surface area contributed by atoms with Gasteiger partial charge in [-0.2, -0.15) is 0 Å². The summed E-state index contributed by atoms with van der Waals surface area (Å²) < 4.78 is 18.1. The second kappa shape index (κ2) is 11.8. The minimum absolute atomic E-state index is 0.0255. The van der Waals surface area contributed by atoms with Gasteiger partial charge in [0, 0.05) is 24.5 Å². The SMILES string of the molecule is COc1ccc(-c2cc(Oc3ccc([N+](=O)[O-])cc3)ccc2CCc2ccncc2)cc1OC1CCCC1. The molecule has 3 aromatic carbocycles. The molecule has 0 radical (unpaired) electrons. The molecular formula is C31H30N2O5. The Hall–Kier alpha value is -4.39. The number of nitro groups is 1. The van der Waals surface area contributed by atoms with Crippen molar-refractivity contribution in [2.24, 2.45) is 0 Å². The Bertz CT molecular complexity index is 1380. The van der Waals surface area contributed by atoms with Crippen molar-refractivity contribution in [2.75, 3.05) is 7.11 Å². The van der Waals surface area contributed by atoms with E-state index < -0.39 is 4.92 Å². The molecule has 0 bridgehead atoms. The molecule has 1 saturated carbocycles. The topological polar surface area (TPSA) is 83.7 Å². The Morgan fingerprint density at radius 3 is 2.32 bits per heavy atom. The molecule has 0 N–H and O–H groups in total. The fourth-order valence-electron chi connectivity index (χ4n) is 4.83. The number of nitrogens with zero attached hydrogens (tertiary/aromatic N) is 2. The summed E-state index contributed by atoms with van der Waals surface area (Å²) in [6, 6.07) is 22.3. The van der Waals surface area contributed by atoms with Crippen molar-refractivity contribution in [1.82, 2.24) is 4.98 Å². The molecule has 1 fully saturated rings. The third kappa shape index (κ3) is 6.11. The van der Waals surface area contributed by atoms with E-state index in [2.05, 4.69) is 17.1 Å². The first-order valence-corrected chi connectivity index (χ1v) is 12.9. The van der Waals surface area contributed by atoms with Crippen LogP contribution in [0.5, 0.6) is 23.0 Å². The number of pyridine rings is 1. The van der Waals surface area contributed by atoms with Crippen LogP contribution in [0.4, 0.5) is 5.69 Å². The van der Waals surface area contributed by atoms with Gasteiger partial charge in [0.25, 0.3) is 5.69 Å². The second-order valence-corrected chi connectivity index (χ2v) is 9.42. The van der Waals surface area contributed by atoms with Crippen molar-refractivity contribution in [3.8, 4) is 34.1 Å². The van der Waals surface area contributed by atoms with E-state index in [1.165, 1.54) is 36.1 Å². The zero-order valence-electron chi connectivity index (χ0n) is 21.3. The molecule has 1 aliphatic rings. The number of benzene rings is 3. The highest BCUT2D eigenvalue weighted by atomic mass is 16.6. The predicted molar refractivity (Wildman–Crippen MR) is 146 cm³/mol. The maximum absolute atomic E-state index is 11.0. The first-order valence-electron chi connectivity index (χ1n) is 12.9. The molecule has 0 aliphatic heterocycles. The quantitative estimate of drug-likeness (QED) is 0.162. The van der Waals surface area contributed by atoms with E-state index in [-0.39, 0.29) is 11.8 Å². The molecule has 38 heavy (non-hydrogen) atoms. The molecule has 5 rings (SSSR count). The van der Waals surface area contributed by atoms with Gasteiger partial charge in [-0.05, 0) is 109 Å². The van der Waals surface area contributed by atoms with Gasteiger partial charge in [-0.1, -0.05) is 12.1 Å². The minimum Gasteiger partial charge on any atom is -0.493 e. The summed E-state index contributed by atoms with van der Waals surface area (Å²) in [5.41, 5.74) is 4.47. The van der Waals surface area contributed by atoms with Gasteiger partial charge in [-0.25, -0.2) is 0 Å². The van der Waals surface area contributed by atoms with E-state index in [1.807, 2.05) is 48.8 Å². The van der Waals surface area contributed by atoms with Crippen molar-refractivity contribution in [3.05, 3.63) is 106 Å². The Kier molecular flexibility index (Phi) is 7.83. The molecule has 1 aromatic heterocycles. The lowest BCUT2D eigenvalue weighted by Crippen LogP contribution is -2.11. The summed E-state index contributed by atoms with van der Waals surface area (Å²) in [5.74, 6) is 2.65. The normalized spacial score (nSPS) is 13.3. The van der Waals surface area contributed by atoms with E-state index in [9.17, 15) is 10.1 Å². The Balaban J connectivity index is 1.47. The number of methoxy groups -OCH3 is 1. The summed E-state index contributed by atoms with van der Waals surface area (Å²) in [6.07, 6.45) is 10.0. The zero-order valence-corrected chi connectivity index (χ0v) is 21.3. The van der Waals surface area contributed by atoms with Crippen LogP contribution in [0.1, 0.15) is 36.8 Å². The van der Waals surface area contributed by atoms with Crippen LogP contribution in [0.25, 0.3) is 11.1 Å². The average Bonchev–Trinajstić information content (AvgIpc) is 3.46. The first kappa shape index (κ1) is 25.3. The Morgan fingerprint density at radius 2 is 1.61 bits per heavy atom. The highest BCUT2D eigenvalue weighted by molar-refractivity contribution is 5.72. The Labute approximate surface area is 222 Å². The lowest BCUT2D eigenvalue weighted by atomic mass is 9.94. The van der Waals surface area contributed by atoms with Crippen LogP contribution in [0.15, 0.2) is 85.2 Å². The maximum Gasteiger partial charge on any atom is 0.269 e. The largest absolute Gasteiger partial charge is 0.493 e. The van der Waals surface area contributed by atoms with E-state index in [4.69, 9.17) is 14.2 Å². The molecule has 1 aliphatic carbocycles. The van der Waals surface area contributed by atoms with Gasteiger partial charge in [-0.15, -0.1) is 0 Å². The molecule has 1 heterocycles. The van der Waals surface area contributed by atoms with Gasteiger partial charge in [0.05, 0.1) is 18.1 Å². The van der Waals surface area contributed by atoms with Gasteiger partial charge in [0.2, 0.25) is 0 Å². The van der Waals surface area contributed by atoms with Crippen molar-refractivity contribution >= 4 is 5.69 Å². The predicted octanol–water partition coefficient (Wildman–Crippen LogP) is 7.56. The highest BCUT2D eigenvalue weighted by Gasteiger charge is 2.19. The fraction of sp³-hybridized carbons (Fsp3) is 0.258. The lowest BCUT2D eigenvalue weighted by molar-refractivity contribution is -0.384. The van der Waals surface area contributed by atoms with Gasteiger partial charge < -0.3 is 14.2 Å². The van der Waals surface area contributed by atoms with Crippen molar-refractivity contribution in [1.29, 1.82) is 0 Å². The molecule has 0 spiro atoms. The summed E-state index contributed by atoms with van der Waals surface area (Å²) in [6.45, 7) is 0. The number of hydrogen-bond acceptors (Lipinski definition) is 6. The van der Waals surface area contributed by atoms with Gasteiger partial charge >= 0.3 is 0 Å². The number of rotatable bonds is 10. The number of aromatic nitrogens is 1. The molecule has 194 valence electrons. The van der Waals surface area contributed by atoms with E-state index in [1.54, 1.807) is 19.2 Å². The van der Waals surface area contributed by atoms with Gasteiger partial charge in [-0.3, -0.25) is 15.1 Å². The summed E-state index contributed by atoms with van der Waals surface area (Å²) in [5, 5.41) is 11.0. The van der Waals surface area contributed by atoms with Crippen molar-refractivity contribution in [3.63, 3.8) is 0 Å². The number of nitro benzene ring substituents is 1. The Morgan fingerprint density at radius 1 is 0.868 bits per heavy atom. The first-order chi connectivity index (χ1) is 18.6. The van der Waals surface area contributed by atoms with Crippen LogP contribution in [-0.4, -0.2) is 23.1 Å². The molecule has 0 atom stereocenters. The number of ether oxygens (including phenoxy) is 3. The zero-order chi connectivity index (χ0) is 26.3. The van der Waals surface area contributed by atoms with Crippen LogP contribution in [-0.2, 0) is 12.8 Å². The van der Waals surface area contributed by atoms with Gasteiger partial charge in [0.1, 0.15) is 11.5 Å². The second-order valence-electron chi connectivity index (χ2n) is 9.42. The third-order valence-corrected chi connectivity index (χ3v) is 6.87. The maximum atomic E-state index is 11.0. The lowest BCUT2D eigenvalue weighted by Gasteiger charge is -2.18. The number of non-ortho nitro benzene ring substituents is 1. The standard InChI is InChI=1S/C31H30N2O5/c1-36-30-15-9-24(20-31(30)38-26-4-2-3-5-26)29-21-28(37-27-13-10-25(11-14-27)33(34)35)12-8-23(29)7-6-22-16-18-32-19-17-22/h8-21,26H,2-7H2,1H3.